The van der Waals surface area contributed by atoms with Crippen LogP contribution in [0.3, 0.4) is 0 Å². The standard InChI is InChI=1S/C24H24Cl2FN3O2/c1-22(2)6-8-23(9-7-22)24(15-4-3-13(25)11-16(15)29-21(24)32)18(17(12-31)30-23)14-5-10-28-20(26)19(14)27/h3-5,10-12,17-18,30H,6-9H2,1-2H3,(H,29,32)/t17-,18-,24+/m0/s1. The van der Waals surface area contributed by atoms with Gasteiger partial charge >= 0.3 is 0 Å². The number of benzene rings is 1. The van der Waals surface area contributed by atoms with E-state index in [1.807, 2.05) is 6.07 Å². The van der Waals surface area contributed by atoms with Crippen molar-refractivity contribution in [1.29, 1.82) is 0 Å². The van der Waals surface area contributed by atoms with Crippen molar-refractivity contribution in [2.45, 2.75) is 62.4 Å². The van der Waals surface area contributed by atoms with Gasteiger partial charge in [-0.2, -0.15) is 0 Å². The van der Waals surface area contributed by atoms with Gasteiger partial charge in [-0.15, -0.1) is 0 Å². The minimum Gasteiger partial charge on any atom is -0.325 e. The molecule has 3 atom stereocenters. The molecule has 1 aliphatic carbocycles. The zero-order valence-electron chi connectivity index (χ0n) is 17.8. The molecule has 5 rings (SSSR count). The number of aromatic nitrogens is 1. The second-order valence-corrected chi connectivity index (χ2v) is 10.8. The number of amides is 1. The van der Waals surface area contributed by atoms with Crippen LogP contribution in [-0.2, 0) is 15.0 Å². The fourth-order valence-corrected chi connectivity index (χ4v) is 6.62. The van der Waals surface area contributed by atoms with Gasteiger partial charge in [0.15, 0.2) is 11.0 Å². The maximum Gasteiger partial charge on any atom is 0.237 e. The van der Waals surface area contributed by atoms with Crippen LogP contribution in [0, 0.1) is 11.2 Å². The number of hydrogen-bond donors (Lipinski definition) is 2. The molecule has 2 N–H and O–H groups in total. The first kappa shape index (κ1) is 21.8. The third-order valence-electron chi connectivity index (χ3n) is 7.85. The van der Waals surface area contributed by atoms with Crippen LogP contribution in [0.15, 0.2) is 30.5 Å². The monoisotopic (exact) mass is 475 g/mol. The largest absolute Gasteiger partial charge is 0.325 e. The summed E-state index contributed by atoms with van der Waals surface area (Å²) < 4.78 is 15.4. The second-order valence-electron chi connectivity index (χ2n) is 9.99. The van der Waals surface area contributed by atoms with E-state index in [0.717, 1.165) is 24.7 Å². The summed E-state index contributed by atoms with van der Waals surface area (Å²) in [5.41, 5.74) is -0.239. The van der Waals surface area contributed by atoms with Crippen molar-refractivity contribution in [1.82, 2.24) is 10.3 Å². The van der Waals surface area contributed by atoms with Crippen molar-refractivity contribution in [2.24, 2.45) is 5.41 Å². The Bertz CT molecular complexity index is 1130. The van der Waals surface area contributed by atoms with E-state index in [1.54, 1.807) is 12.1 Å². The summed E-state index contributed by atoms with van der Waals surface area (Å²) in [4.78, 5) is 30.2. The van der Waals surface area contributed by atoms with Crippen LogP contribution < -0.4 is 10.6 Å². The third kappa shape index (κ3) is 2.82. The number of nitrogens with zero attached hydrogens (tertiary/aromatic N) is 1. The number of hydrogen-bond acceptors (Lipinski definition) is 4. The molecular formula is C24H24Cl2FN3O2. The molecule has 0 bridgehead atoms. The molecule has 1 aromatic carbocycles. The Hall–Kier alpha value is -2.02. The van der Waals surface area contributed by atoms with Crippen LogP contribution in [0.25, 0.3) is 0 Å². The molecule has 8 heteroatoms. The Morgan fingerprint density at radius 2 is 1.88 bits per heavy atom. The van der Waals surface area contributed by atoms with E-state index in [2.05, 4.69) is 29.5 Å². The van der Waals surface area contributed by atoms with Gasteiger partial charge in [0, 0.05) is 28.4 Å². The van der Waals surface area contributed by atoms with Gasteiger partial charge in [-0.25, -0.2) is 9.37 Å². The number of pyridine rings is 1. The van der Waals surface area contributed by atoms with Crippen LogP contribution >= 0.6 is 23.2 Å². The summed E-state index contributed by atoms with van der Waals surface area (Å²) in [6, 6.07) is 6.05. The molecule has 0 unspecified atom stereocenters. The summed E-state index contributed by atoms with van der Waals surface area (Å²) >= 11 is 12.3. The molecule has 2 spiro atoms. The molecule has 2 fully saturated rings. The van der Waals surface area contributed by atoms with Gasteiger partial charge in [0.05, 0.1) is 6.04 Å². The molecule has 1 aromatic heterocycles. The minimum absolute atomic E-state index is 0.117. The average Bonchev–Trinajstić information content (AvgIpc) is 3.20. The van der Waals surface area contributed by atoms with Gasteiger partial charge in [0.2, 0.25) is 5.91 Å². The lowest BCUT2D eigenvalue weighted by molar-refractivity contribution is -0.124. The summed E-state index contributed by atoms with van der Waals surface area (Å²) in [6.07, 6.45) is 5.30. The number of aldehydes is 1. The number of carbonyl (C=O) groups is 2. The van der Waals surface area contributed by atoms with E-state index in [0.29, 0.717) is 23.6 Å². The molecule has 1 saturated carbocycles. The predicted molar refractivity (Wildman–Crippen MR) is 122 cm³/mol. The van der Waals surface area contributed by atoms with Crippen molar-refractivity contribution in [3.8, 4) is 0 Å². The molecule has 5 nitrogen and oxygen atoms in total. The highest BCUT2D eigenvalue weighted by molar-refractivity contribution is 6.31. The van der Waals surface area contributed by atoms with Gasteiger partial charge < -0.3 is 15.4 Å². The van der Waals surface area contributed by atoms with E-state index in [-0.39, 0.29) is 22.0 Å². The van der Waals surface area contributed by atoms with E-state index >= 15 is 4.39 Å². The number of fused-ring (bicyclic) bond motifs is 3. The first-order valence-electron chi connectivity index (χ1n) is 10.8. The fourth-order valence-electron chi connectivity index (χ4n) is 6.28. The predicted octanol–water partition coefficient (Wildman–Crippen LogP) is 5.01. The number of anilines is 1. The molecule has 168 valence electrons. The smallest absolute Gasteiger partial charge is 0.237 e. The Kier molecular flexibility index (Phi) is 4.93. The number of nitrogens with one attached hydrogen (secondary N) is 2. The maximum atomic E-state index is 15.4. The van der Waals surface area contributed by atoms with Crippen molar-refractivity contribution in [2.75, 3.05) is 5.32 Å². The van der Waals surface area contributed by atoms with Gasteiger partial charge in [0.1, 0.15) is 11.7 Å². The van der Waals surface area contributed by atoms with Gasteiger partial charge in [0.25, 0.3) is 0 Å². The van der Waals surface area contributed by atoms with Crippen LogP contribution in [0.2, 0.25) is 10.2 Å². The Balaban J connectivity index is 1.81. The summed E-state index contributed by atoms with van der Waals surface area (Å²) in [5.74, 6) is -1.73. The quantitative estimate of drug-likeness (QED) is 0.472. The van der Waals surface area contributed by atoms with Crippen LogP contribution in [0.1, 0.15) is 56.6 Å². The molecule has 3 aliphatic rings. The average molecular weight is 476 g/mol. The Morgan fingerprint density at radius 3 is 2.56 bits per heavy atom. The summed E-state index contributed by atoms with van der Waals surface area (Å²) in [7, 11) is 0. The van der Waals surface area contributed by atoms with Crippen molar-refractivity contribution >= 4 is 41.1 Å². The van der Waals surface area contributed by atoms with Crippen LogP contribution in [0.5, 0.6) is 0 Å². The fraction of sp³-hybridized carbons (Fsp3) is 0.458. The number of carbonyl (C=O) groups excluding carboxylic acids is 2. The van der Waals surface area contributed by atoms with Gasteiger partial charge in [-0.1, -0.05) is 43.1 Å². The first-order valence-corrected chi connectivity index (χ1v) is 11.6. The molecule has 0 radical (unpaired) electrons. The topological polar surface area (TPSA) is 71.1 Å². The Morgan fingerprint density at radius 1 is 1.16 bits per heavy atom. The van der Waals surface area contributed by atoms with Gasteiger partial charge in [-0.3, -0.25) is 4.79 Å². The summed E-state index contributed by atoms with van der Waals surface area (Å²) in [5, 5.41) is 6.72. The normalized spacial score (nSPS) is 29.8. The molecule has 1 saturated heterocycles. The highest BCUT2D eigenvalue weighted by Gasteiger charge is 2.71. The zero-order chi connectivity index (χ0) is 22.9. The number of halogens is 3. The SMILES string of the molecule is CC1(C)CCC2(CC1)N[C@@H](C=O)[C@H](c1ccnc(Cl)c1F)[C@]21C(=O)Nc2cc(Cl)ccc21. The molecule has 3 heterocycles. The third-order valence-corrected chi connectivity index (χ3v) is 8.35. The van der Waals surface area contributed by atoms with Crippen molar-refractivity contribution in [3.05, 3.63) is 57.6 Å². The van der Waals surface area contributed by atoms with E-state index in [9.17, 15) is 9.59 Å². The zero-order valence-corrected chi connectivity index (χ0v) is 19.4. The molecule has 2 aromatic rings. The molecule has 32 heavy (non-hydrogen) atoms. The Labute approximate surface area is 196 Å². The van der Waals surface area contributed by atoms with Crippen molar-refractivity contribution < 1.29 is 14.0 Å². The second kappa shape index (κ2) is 7.24. The van der Waals surface area contributed by atoms with Gasteiger partial charge in [-0.05, 0) is 60.4 Å². The van der Waals surface area contributed by atoms with E-state index < -0.39 is 28.7 Å². The lowest BCUT2D eigenvalue weighted by Crippen LogP contribution is -2.61. The summed E-state index contributed by atoms with van der Waals surface area (Å²) in [6.45, 7) is 4.42. The lowest BCUT2D eigenvalue weighted by Gasteiger charge is -2.50. The number of rotatable bonds is 2. The van der Waals surface area contributed by atoms with E-state index in [1.165, 1.54) is 12.3 Å². The molecule has 2 aliphatic heterocycles. The maximum absolute atomic E-state index is 15.4. The van der Waals surface area contributed by atoms with Crippen molar-refractivity contribution in [3.63, 3.8) is 0 Å². The van der Waals surface area contributed by atoms with Crippen LogP contribution in [-0.4, -0.2) is 28.8 Å². The highest BCUT2D eigenvalue weighted by atomic mass is 35.5. The van der Waals surface area contributed by atoms with Crippen LogP contribution in [0.4, 0.5) is 10.1 Å². The lowest BCUT2D eigenvalue weighted by atomic mass is 9.53. The first-order chi connectivity index (χ1) is 15.1. The highest BCUT2D eigenvalue weighted by Crippen LogP contribution is 2.63. The molecular weight excluding hydrogens is 452 g/mol. The minimum atomic E-state index is -1.19. The van der Waals surface area contributed by atoms with E-state index in [4.69, 9.17) is 23.2 Å². The molecule has 1 amide bonds.